The summed E-state index contributed by atoms with van der Waals surface area (Å²) in [5.74, 6) is 0.896. The summed E-state index contributed by atoms with van der Waals surface area (Å²) in [6, 6.07) is 11.5. The van der Waals surface area contributed by atoms with Gasteiger partial charge >= 0.3 is 0 Å². The lowest BCUT2D eigenvalue weighted by molar-refractivity contribution is 0.601. The maximum absolute atomic E-state index is 11.7. The van der Waals surface area contributed by atoms with E-state index in [9.17, 15) is 8.42 Å². The molecule has 1 aromatic carbocycles. The van der Waals surface area contributed by atoms with Crippen molar-refractivity contribution in [3.8, 4) is 0 Å². The smallest absolute Gasteiger partial charge is 0.179 e. The molecular weight excluding hydrogens is 284 g/mol. The predicted octanol–water partition coefficient (Wildman–Crippen LogP) is 3.22. The Hall–Kier alpha value is -1.88. The van der Waals surface area contributed by atoms with E-state index in [2.05, 4.69) is 36.3 Å². The number of anilines is 1. The van der Waals surface area contributed by atoms with E-state index in [4.69, 9.17) is 0 Å². The Labute approximate surface area is 126 Å². The van der Waals surface area contributed by atoms with Crippen molar-refractivity contribution in [2.24, 2.45) is 0 Å². The van der Waals surface area contributed by atoms with Gasteiger partial charge in [-0.05, 0) is 29.2 Å². The molecule has 1 aromatic heterocycles. The molecule has 0 saturated carbocycles. The number of sulfone groups is 1. The second-order valence-electron chi connectivity index (χ2n) is 5.37. The summed E-state index contributed by atoms with van der Waals surface area (Å²) >= 11 is 0. The van der Waals surface area contributed by atoms with Gasteiger partial charge in [-0.25, -0.2) is 13.4 Å². The Kier molecular flexibility index (Phi) is 4.63. The molecule has 2 aromatic rings. The standard InChI is InChI=1S/C16H20N2O2S/c1-12(2)14-8-6-13(7-9-14)11-18-16-15(21(3,19)20)5-4-10-17-16/h4-10,12H,11H2,1-3H3,(H,17,18). The molecule has 1 heterocycles. The first-order valence-electron chi connectivity index (χ1n) is 6.85. The van der Waals surface area contributed by atoms with Crippen LogP contribution < -0.4 is 5.32 Å². The van der Waals surface area contributed by atoms with Gasteiger partial charge in [-0.1, -0.05) is 38.1 Å². The van der Waals surface area contributed by atoms with Gasteiger partial charge in [0, 0.05) is 19.0 Å². The Morgan fingerprint density at radius 3 is 2.38 bits per heavy atom. The molecule has 21 heavy (non-hydrogen) atoms. The van der Waals surface area contributed by atoms with Crippen LogP contribution in [0, 0.1) is 0 Å². The van der Waals surface area contributed by atoms with Crippen LogP contribution in [-0.2, 0) is 16.4 Å². The summed E-state index contributed by atoms with van der Waals surface area (Å²) in [6.07, 6.45) is 2.77. The molecule has 0 unspecified atom stereocenters. The molecule has 0 spiro atoms. The lowest BCUT2D eigenvalue weighted by Gasteiger charge is -2.11. The molecule has 0 bridgehead atoms. The van der Waals surface area contributed by atoms with Gasteiger partial charge in [-0.15, -0.1) is 0 Å². The topological polar surface area (TPSA) is 59.1 Å². The van der Waals surface area contributed by atoms with Crippen LogP contribution in [0.15, 0.2) is 47.5 Å². The number of aromatic nitrogens is 1. The molecule has 1 N–H and O–H groups in total. The van der Waals surface area contributed by atoms with Gasteiger partial charge in [0.1, 0.15) is 10.7 Å². The molecule has 0 aliphatic rings. The first kappa shape index (κ1) is 15.5. The van der Waals surface area contributed by atoms with E-state index in [1.807, 2.05) is 12.1 Å². The zero-order chi connectivity index (χ0) is 15.5. The highest BCUT2D eigenvalue weighted by molar-refractivity contribution is 7.90. The van der Waals surface area contributed by atoms with Crippen LogP contribution in [0.2, 0.25) is 0 Å². The summed E-state index contributed by atoms with van der Waals surface area (Å²) in [5.41, 5.74) is 2.37. The highest BCUT2D eigenvalue weighted by Gasteiger charge is 2.13. The molecule has 2 rings (SSSR count). The third kappa shape index (κ3) is 4.04. The summed E-state index contributed by atoms with van der Waals surface area (Å²) in [6.45, 7) is 4.84. The minimum atomic E-state index is -3.28. The number of nitrogens with zero attached hydrogens (tertiary/aromatic N) is 1. The molecule has 4 nitrogen and oxygen atoms in total. The third-order valence-electron chi connectivity index (χ3n) is 3.28. The van der Waals surface area contributed by atoms with E-state index in [1.165, 1.54) is 11.8 Å². The summed E-state index contributed by atoms with van der Waals surface area (Å²) in [5, 5.41) is 3.09. The molecule has 0 aliphatic carbocycles. The average molecular weight is 304 g/mol. The largest absolute Gasteiger partial charge is 0.365 e. The highest BCUT2D eigenvalue weighted by atomic mass is 32.2. The maximum atomic E-state index is 11.7. The fourth-order valence-electron chi connectivity index (χ4n) is 2.03. The summed E-state index contributed by atoms with van der Waals surface area (Å²) < 4.78 is 23.4. The van der Waals surface area contributed by atoms with Crippen LogP contribution >= 0.6 is 0 Å². The maximum Gasteiger partial charge on any atom is 0.179 e. The second-order valence-corrected chi connectivity index (χ2v) is 7.36. The molecule has 5 heteroatoms. The minimum absolute atomic E-state index is 0.226. The second kappa shape index (κ2) is 6.26. The van der Waals surface area contributed by atoms with Gasteiger partial charge in [-0.3, -0.25) is 0 Å². The molecule has 0 fully saturated rings. The van der Waals surface area contributed by atoms with Crippen LogP contribution in [0.5, 0.6) is 0 Å². The van der Waals surface area contributed by atoms with Crippen LogP contribution in [0.3, 0.4) is 0 Å². The quantitative estimate of drug-likeness (QED) is 0.921. The van der Waals surface area contributed by atoms with Crippen molar-refractivity contribution < 1.29 is 8.42 Å². The van der Waals surface area contributed by atoms with Gasteiger partial charge < -0.3 is 5.32 Å². The van der Waals surface area contributed by atoms with Crippen molar-refractivity contribution in [1.82, 2.24) is 4.98 Å². The number of hydrogen-bond donors (Lipinski definition) is 1. The molecule has 0 amide bonds. The van der Waals surface area contributed by atoms with E-state index < -0.39 is 9.84 Å². The van der Waals surface area contributed by atoms with E-state index in [-0.39, 0.29) is 4.90 Å². The molecule has 112 valence electrons. The third-order valence-corrected chi connectivity index (χ3v) is 4.40. The van der Waals surface area contributed by atoms with Crippen molar-refractivity contribution in [3.05, 3.63) is 53.7 Å². The zero-order valence-electron chi connectivity index (χ0n) is 12.5. The molecule has 0 aliphatic heterocycles. The minimum Gasteiger partial charge on any atom is -0.365 e. The van der Waals surface area contributed by atoms with Crippen molar-refractivity contribution in [3.63, 3.8) is 0 Å². The van der Waals surface area contributed by atoms with E-state index >= 15 is 0 Å². The summed E-state index contributed by atoms with van der Waals surface area (Å²) in [7, 11) is -3.28. The highest BCUT2D eigenvalue weighted by Crippen LogP contribution is 2.19. The van der Waals surface area contributed by atoms with Gasteiger partial charge in [0.15, 0.2) is 9.84 Å². The molecule has 0 radical (unpaired) electrons. The Balaban J connectivity index is 2.14. The fraction of sp³-hybridized carbons (Fsp3) is 0.312. The number of benzene rings is 1. The van der Waals surface area contributed by atoms with Crippen molar-refractivity contribution >= 4 is 15.7 Å². The van der Waals surface area contributed by atoms with E-state index in [0.29, 0.717) is 18.3 Å². The lowest BCUT2D eigenvalue weighted by atomic mass is 10.0. The van der Waals surface area contributed by atoms with Crippen LogP contribution in [0.1, 0.15) is 30.9 Å². The normalized spacial score (nSPS) is 11.6. The Morgan fingerprint density at radius 1 is 1.14 bits per heavy atom. The number of rotatable bonds is 5. The summed E-state index contributed by atoms with van der Waals surface area (Å²) in [4.78, 5) is 4.34. The SMILES string of the molecule is CC(C)c1ccc(CNc2ncccc2S(C)(=O)=O)cc1. The van der Waals surface area contributed by atoms with Gasteiger partial charge in [-0.2, -0.15) is 0 Å². The molecular formula is C16H20N2O2S. The predicted molar refractivity (Wildman–Crippen MR) is 85.2 cm³/mol. The van der Waals surface area contributed by atoms with Gasteiger partial charge in [0.25, 0.3) is 0 Å². The van der Waals surface area contributed by atoms with Crippen molar-refractivity contribution in [2.75, 3.05) is 11.6 Å². The molecule has 0 saturated heterocycles. The van der Waals surface area contributed by atoms with E-state index in [0.717, 1.165) is 5.56 Å². The Bertz CT molecular complexity index is 707. The number of nitrogens with one attached hydrogen (secondary N) is 1. The van der Waals surface area contributed by atoms with E-state index in [1.54, 1.807) is 18.3 Å². The average Bonchev–Trinajstić information content (AvgIpc) is 2.45. The number of hydrogen-bond acceptors (Lipinski definition) is 4. The first-order chi connectivity index (χ1) is 9.88. The van der Waals surface area contributed by atoms with Gasteiger partial charge in [0.05, 0.1) is 0 Å². The zero-order valence-corrected chi connectivity index (χ0v) is 13.3. The van der Waals surface area contributed by atoms with Crippen LogP contribution in [-0.4, -0.2) is 19.7 Å². The fourth-order valence-corrected chi connectivity index (χ4v) is 2.83. The number of pyridine rings is 1. The van der Waals surface area contributed by atoms with Crippen molar-refractivity contribution in [2.45, 2.75) is 31.2 Å². The monoisotopic (exact) mass is 304 g/mol. The Morgan fingerprint density at radius 2 is 1.81 bits per heavy atom. The lowest BCUT2D eigenvalue weighted by Crippen LogP contribution is -2.08. The first-order valence-corrected chi connectivity index (χ1v) is 8.75. The van der Waals surface area contributed by atoms with Gasteiger partial charge in [0.2, 0.25) is 0 Å². The molecule has 0 atom stereocenters. The van der Waals surface area contributed by atoms with Crippen molar-refractivity contribution in [1.29, 1.82) is 0 Å². The van der Waals surface area contributed by atoms with Crippen LogP contribution in [0.4, 0.5) is 5.82 Å². The van der Waals surface area contributed by atoms with Crippen LogP contribution in [0.25, 0.3) is 0 Å².